The predicted molar refractivity (Wildman–Crippen MR) is 113 cm³/mol. The maximum Gasteiger partial charge on any atom is 0.283 e. The number of hydrogen-bond donors (Lipinski definition) is 1. The van der Waals surface area contributed by atoms with E-state index in [1.165, 1.54) is 0 Å². The van der Waals surface area contributed by atoms with Crippen LogP contribution in [0.4, 0.5) is 0 Å². The van der Waals surface area contributed by atoms with Crippen molar-refractivity contribution in [1.82, 2.24) is 4.98 Å². The Hall–Kier alpha value is -3.25. The first-order valence-corrected chi connectivity index (χ1v) is 9.35. The summed E-state index contributed by atoms with van der Waals surface area (Å²) in [5.74, 6) is 1.29. The van der Waals surface area contributed by atoms with E-state index >= 15 is 0 Å². The second-order valence-electron chi connectivity index (χ2n) is 6.64. The Morgan fingerprint density at radius 2 is 1.83 bits per heavy atom. The number of pyridine rings is 1. The van der Waals surface area contributed by atoms with Gasteiger partial charge >= 0.3 is 0 Å². The third-order valence-electron chi connectivity index (χ3n) is 4.98. The highest BCUT2D eigenvalue weighted by molar-refractivity contribution is 6.32. The molecule has 0 bridgehead atoms. The molecule has 1 atom stereocenters. The molecule has 3 aromatic rings. The first-order chi connectivity index (χ1) is 14.1. The molecule has 148 valence electrons. The maximum absolute atomic E-state index is 6.39. The average Bonchev–Trinajstić information content (AvgIpc) is 3.17. The Labute approximate surface area is 173 Å². The van der Waals surface area contributed by atoms with Gasteiger partial charge in [-0.05, 0) is 41.0 Å². The number of aliphatic imine (C=N–C) groups is 1. The van der Waals surface area contributed by atoms with Crippen molar-refractivity contribution in [2.75, 3.05) is 20.8 Å². The van der Waals surface area contributed by atoms with Gasteiger partial charge < -0.3 is 19.9 Å². The zero-order valence-corrected chi connectivity index (χ0v) is 16.8. The van der Waals surface area contributed by atoms with E-state index in [-0.39, 0.29) is 12.6 Å². The molecule has 0 aliphatic carbocycles. The van der Waals surface area contributed by atoms with Gasteiger partial charge in [0, 0.05) is 11.8 Å². The van der Waals surface area contributed by atoms with Gasteiger partial charge in [0.1, 0.15) is 18.1 Å². The lowest BCUT2D eigenvalue weighted by atomic mass is 9.83. The summed E-state index contributed by atoms with van der Waals surface area (Å²) in [7, 11) is 3.20. The van der Waals surface area contributed by atoms with E-state index in [1.807, 2.05) is 42.5 Å². The van der Waals surface area contributed by atoms with E-state index < -0.39 is 5.54 Å². The van der Waals surface area contributed by atoms with Crippen molar-refractivity contribution in [3.05, 3.63) is 77.1 Å². The number of benzene rings is 2. The van der Waals surface area contributed by atoms with E-state index in [4.69, 9.17) is 31.5 Å². The molecule has 0 saturated carbocycles. The number of ether oxygens (including phenoxy) is 3. The number of hydrogen-bond acceptors (Lipinski definition) is 6. The van der Waals surface area contributed by atoms with E-state index in [1.54, 1.807) is 26.6 Å². The molecule has 2 aromatic carbocycles. The Morgan fingerprint density at radius 1 is 1.00 bits per heavy atom. The molecule has 0 spiro atoms. The second kappa shape index (κ2) is 7.64. The van der Waals surface area contributed by atoms with Gasteiger partial charge in [-0.3, -0.25) is 4.98 Å². The molecule has 0 radical (unpaired) electrons. The number of rotatable bonds is 5. The summed E-state index contributed by atoms with van der Waals surface area (Å²) in [6.07, 6.45) is 3.46. The van der Waals surface area contributed by atoms with Crippen LogP contribution < -0.4 is 15.2 Å². The lowest BCUT2D eigenvalue weighted by Gasteiger charge is -2.26. The predicted octanol–water partition coefficient (Wildman–Crippen LogP) is 4.01. The third-order valence-corrected chi connectivity index (χ3v) is 5.28. The van der Waals surface area contributed by atoms with Crippen LogP contribution in [0.1, 0.15) is 11.1 Å². The summed E-state index contributed by atoms with van der Waals surface area (Å²) >= 11 is 6.39. The highest BCUT2D eigenvalue weighted by Crippen LogP contribution is 2.41. The molecule has 7 heteroatoms. The smallest absolute Gasteiger partial charge is 0.283 e. The third kappa shape index (κ3) is 3.47. The van der Waals surface area contributed by atoms with Crippen LogP contribution >= 0.6 is 11.6 Å². The second-order valence-corrected chi connectivity index (χ2v) is 7.05. The van der Waals surface area contributed by atoms with Crippen molar-refractivity contribution in [3.8, 4) is 22.6 Å². The average molecular weight is 410 g/mol. The standard InChI is InChI=1S/C22H20ClN3O3/c1-27-18-9-15(11-25-12-18)14-4-3-5-16(8-14)22(13-29-21(24)26-22)17-6-7-20(28-2)19(23)10-17/h3-12H,13H2,1-2H3,(H2,24,26)/t22-/m0/s1. The topological polar surface area (TPSA) is 79.0 Å². The summed E-state index contributed by atoms with van der Waals surface area (Å²) < 4.78 is 16.2. The van der Waals surface area contributed by atoms with Crippen molar-refractivity contribution < 1.29 is 14.2 Å². The van der Waals surface area contributed by atoms with Crippen molar-refractivity contribution in [2.24, 2.45) is 10.7 Å². The summed E-state index contributed by atoms with van der Waals surface area (Å²) in [5.41, 5.74) is 8.82. The number of halogens is 1. The highest BCUT2D eigenvalue weighted by Gasteiger charge is 2.40. The normalized spacial score (nSPS) is 18.1. The number of nitrogens with zero attached hydrogens (tertiary/aromatic N) is 2. The Morgan fingerprint density at radius 3 is 2.52 bits per heavy atom. The fraction of sp³-hybridized carbons (Fsp3) is 0.182. The molecule has 2 heterocycles. The fourth-order valence-corrected chi connectivity index (χ4v) is 3.72. The van der Waals surface area contributed by atoms with Gasteiger partial charge in [0.15, 0.2) is 5.54 Å². The molecule has 29 heavy (non-hydrogen) atoms. The van der Waals surface area contributed by atoms with Gasteiger partial charge in [-0.2, -0.15) is 0 Å². The Kier molecular flexibility index (Phi) is 5.03. The van der Waals surface area contributed by atoms with Gasteiger partial charge in [0.25, 0.3) is 6.02 Å². The number of aromatic nitrogens is 1. The summed E-state index contributed by atoms with van der Waals surface area (Å²) in [6, 6.07) is 15.7. The maximum atomic E-state index is 6.39. The first-order valence-electron chi connectivity index (χ1n) is 8.98. The molecule has 1 aliphatic heterocycles. The number of nitrogens with two attached hydrogens (primary N) is 1. The van der Waals surface area contributed by atoms with Crippen LogP contribution in [-0.4, -0.2) is 31.8 Å². The zero-order chi connectivity index (χ0) is 20.4. The SMILES string of the molecule is COc1cncc(-c2cccc([C@]3(c4ccc(OC)c(Cl)c4)COC(N)=N3)c2)c1. The largest absolute Gasteiger partial charge is 0.495 e. The molecular weight excluding hydrogens is 390 g/mol. The number of methoxy groups -OCH3 is 2. The van der Waals surface area contributed by atoms with Gasteiger partial charge in [-0.25, -0.2) is 4.99 Å². The van der Waals surface area contributed by atoms with Crippen molar-refractivity contribution >= 4 is 17.6 Å². The minimum atomic E-state index is -0.803. The van der Waals surface area contributed by atoms with Crippen LogP contribution in [-0.2, 0) is 10.3 Å². The van der Waals surface area contributed by atoms with E-state index in [0.29, 0.717) is 16.5 Å². The summed E-state index contributed by atoms with van der Waals surface area (Å²) in [4.78, 5) is 8.91. The fourth-order valence-electron chi connectivity index (χ4n) is 3.46. The van der Waals surface area contributed by atoms with Crippen LogP contribution in [0.15, 0.2) is 65.9 Å². The van der Waals surface area contributed by atoms with Crippen molar-refractivity contribution in [1.29, 1.82) is 0 Å². The van der Waals surface area contributed by atoms with Gasteiger partial charge in [-0.15, -0.1) is 0 Å². The molecule has 0 fully saturated rings. The lowest BCUT2D eigenvalue weighted by Crippen LogP contribution is -2.27. The van der Waals surface area contributed by atoms with Crippen LogP contribution in [0.2, 0.25) is 5.02 Å². The molecule has 0 unspecified atom stereocenters. The van der Waals surface area contributed by atoms with E-state index in [0.717, 1.165) is 22.3 Å². The van der Waals surface area contributed by atoms with E-state index in [2.05, 4.69) is 16.0 Å². The van der Waals surface area contributed by atoms with Crippen molar-refractivity contribution in [2.45, 2.75) is 5.54 Å². The molecule has 2 N–H and O–H groups in total. The van der Waals surface area contributed by atoms with Crippen LogP contribution in [0.3, 0.4) is 0 Å². The minimum Gasteiger partial charge on any atom is -0.495 e. The lowest BCUT2D eigenvalue weighted by molar-refractivity contribution is 0.278. The van der Waals surface area contributed by atoms with Crippen LogP contribution in [0, 0.1) is 0 Å². The molecule has 4 rings (SSSR count). The zero-order valence-electron chi connectivity index (χ0n) is 16.1. The molecule has 0 saturated heterocycles. The monoisotopic (exact) mass is 409 g/mol. The van der Waals surface area contributed by atoms with Gasteiger partial charge in [-0.1, -0.05) is 35.9 Å². The summed E-state index contributed by atoms with van der Waals surface area (Å²) in [5, 5.41) is 0.498. The first kappa shape index (κ1) is 19.1. The van der Waals surface area contributed by atoms with E-state index in [9.17, 15) is 0 Å². The molecule has 1 aromatic heterocycles. The highest BCUT2D eigenvalue weighted by atomic mass is 35.5. The Balaban J connectivity index is 1.84. The summed E-state index contributed by atoms with van der Waals surface area (Å²) in [6.45, 7) is 0.279. The van der Waals surface area contributed by atoms with Gasteiger partial charge in [0.2, 0.25) is 0 Å². The molecule has 1 aliphatic rings. The minimum absolute atomic E-state index is 0.144. The quantitative estimate of drug-likeness (QED) is 0.688. The number of amidine groups is 1. The molecular formula is C22H20ClN3O3. The Bertz CT molecular complexity index is 1090. The molecule has 0 amide bonds. The van der Waals surface area contributed by atoms with Crippen molar-refractivity contribution in [3.63, 3.8) is 0 Å². The van der Waals surface area contributed by atoms with Crippen LogP contribution in [0.5, 0.6) is 11.5 Å². The van der Waals surface area contributed by atoms with Crippen LogP contribution in [0.25, 0.3) is 11.1 Å². The van der Waals surface area contributed by atoms with Gasteiger partial charge in [0.05, 0.1) is 25.4 Å². The molecule has 6 nitrogen and oxygen atoms in total.